The van der Waals surface area contributed by atoms with Crippen molar-refractivity contribution in [1.29, 1.82) is 0 Å². The lowest BCUT2D eigenvalue weighted by Gasteiger charge is -2.28. The van der Waals surface area contributed by atoms with Crippen LogP contribution in [0.25, 0.3) is 0 Å². The topological polar surface area (TPSA) is 41.6 Å². The van der Waals surface area contributed by atoms with Crippen molar-refractivity contribution in [1.82, 2.24) is 0 Å². The largest absolute Gasteiger partial charge is 0.378 e. The number of benzene rings is 2. The second-order valence-corrected chi connectivity index (χ2v) is 6.35. The first kappa shape index (κ1) is 15.3. The normalized spacial score (nSPS) is 14.7. The minimum atomic E-state index is -0.0875. The van der Waals surface area contributed by atoms with Crippen LogP contribution in [0, 0.1) is 3.57 Å². The van der Waals surface area contributed by atoms with Gasteiger partial charge in [-0.3, -0.25) is 4.79 Å². The van der Waals surface area contributed by atoms with Gasteiger partial charge in [-0.2, -0.15) is 0 Å². The minimum Gasteiger partial charge on any atom is -0.378 e. The van der Waals surface area contributed by atoms with Crippen LogP contribution < -0.4 is 10.2 Å². The van der Waals surface area contributed by atoms with E-state index in [1.807, 2.05) is 48.5 Å². The Labute approximate surface area is 143 Å². The predicted molar refractivity (Wildman–Crippen MR) is 96.6 cm³/mol. The van der Waals surface area contributed by atoms with Gasteiger partial charge in [-0.25, -0.2) is 0 Å². The van der Waals surface area contributed by atoms with Crippen molar-refractivity contribution >= 4 is 39.9 Å². The van der Waals surface area contributed by atoms with Gasteiger partial charge in [0, 0.05) is 33.6 Å². The molecule has 1 N–H and O–H groups in total. The lowest BCUT2D eigenvalue weighted by molar-refractivity contribution is 0.102. The number of nitrogens with zero attached hydrogens (tertiary/aromatic N) is 1. The average molecular weight is 408 g/mol. The number of amides is 1. The second-order valence-electron chi connectivity index (χ2n) is 5.11. The lowest BCUT2D eigenvalue weighted by Crippen LogP contribution is -2.36. The predicted octanol–water partition coefficient (Wildman–Crippen LogP) is 3.38. The number of hydrogen-bond acceptors (Lipinski definition) is 3. The Kier molecular flexibility index (Phi) is 4.94. The molecular weight excluding hydrogens is 391 g/mol. The minimum absolute atomic E-state index is 0.0875. The van der Waals surface area contributed by atoms with E-state index in [-0.39, 0.29) is 5.91 Å². The fraction of sp³-hybridized carbons (Fsp3) is 0.235. The van der Waals surface area contributed by atoms with Crippen molar-refractivity contribution in [3.8, 4) is 0 Å². The summed E-state index contributed by atoms with van der Waals surface area (Å²) in [4.78, 5) is 14.5. The van der Waals surface area contributed by atoms with E-state index in [0.717, 1.165) is 41.2 Å². The van der Waals surface area contributed by atoms with Crippen LogP contribution in [0.4, 0.5) is 11.4 Å². The molecule has 1 fully saturated rings. The molecule has 0 saturated carbocycles. The van der Waals surface area contributed by atoms with Crippen LogP contribution in [0.1, 0.15) is 10.4 Å². The summed E-state index contributed by atoms with van der Waals surface area (Å²) in [6.07, 6.45) is 0. The van der Waals surface area contributed by atoms with E-state index in [0.29, 0.717) is 5.56 Å². The highest BCUT2D eigenvalue weighted by Crippen LogP contribution is 2.19. The van der Waals surface area contributed by atoms with Crippen molar-refractivity contribution < 1.29 is 9.53 Å². The maximum absolute atomic E-state index is 12.2. The number of ether oxygens (including phenoxy) is 1. The zero-order chi connectivity index (χ0) is 15.4. The van der Waals surface area contributed by atoms with Crippen molar-refractivity contribution in [2.75, 3.05) is 36.5 Å². The van der Waals surface area contributed by atoms with Crippen molar-refractivity contribution in [2.24, 2.45) is 0 Å². The van der Waals surface area contributed by atoms with Crippen molar-refractivity contribution in [2.45, 2.75) is 0 Å². The summed E-state index contributed by atoms with van der Waals surface area (Å²) in [5, 5.41) is 2.92. The highest BCUT2D eigenvalue weighted by Gasteiger charge is 2.11. The summed E-state index contributed by atoms with van der Waals surface area (Å²) >= 11 is 2.22. The molecule has 22 heavy (non-hydrogen) atoms. The Balaban J connectivity index is 1.65. The summed E-state index contributed by atoms with van der Waals surface area (Å²) in [5.74, 6) is -0.0875. The van der Waals surface area contributed by atoms with Gasteiger partial charge in [0.05, 0.1) is 13.2 Å². The third-order valence-corrected chi connectivity index (χ3v) is 4.33. The Morgan fingerprint density at radius 3 is 2.27 bits per heavy atom. The molecule has 0 bridgehead atoms. The highest BCUT2D eigenvalue weighted by molar-refractivity contribution is 14.1. The first-order valence-electron chi connectivity index (χ1n) is 7.22. The molecule has 1 saturated heterocycles. The monoisotopic (exact) mass is 408 g/mol. The average Bonchev–Trinajstić information content (AvgIpc) is 2.57. The van der Waals surface area contributed by atoms with E-state index in [4.69, 9.17) is 4.74 Å². The molecule has 0 unspecified atom stereocenters. The van der Waals surface area contributed by atoms with Crippen LogP contribution in [0.3, 0.4) is 0 Å². The molecule has 1 heterocycles. The molecule has 3 rings (SSSR count). The van der Waals surface area contributed by atoms with Crippen LogP contribution in [0.15, 0.2) is 48.5 Å². The second kappa shape index (κ2) is 7.11. The molecule has 0 radical (unpaired) electrons. The third kappa shape index (κ3) is 3.78. The summed E-state index contributed by atoms with van der Waals surface area (Å²) in [5.41, 5.74) is 2.63. The molecule has 2 aromatic rings. The summed E-state index contributed by atoms with van der Waals surface area (Å²) in [6.45, 7) is 3.36. The Morgan fingerprint density at radius 1 is 1.00 bits per heavy atom. The Hall–Kier alpha value is -1.60. The number of carbonyl (C=O) groups is 1. The van der Waals surface area contributed by atoms with E-state index in [1.54, 1.807) is 0 Å². The van der Waals surface area contributed by atoms with Gasteiger partial charge in [0.1, 0.15) is 0 Å². The third-order valence-electron chi connectivity index (χ3n) is 3.61. The number of halogens is 1. The van der Waals surface area contributed by atoms with Crippen LogP contribution in [0.2, 0.25) is 0 Å². The van der Waals surface area contributed by atoms with Gasteiger partial charge in [0.2, 0.25) is 0 Å². The highest BCUT2D eigenvalue weighted by atomic mass is 127. The lowest BCUT2D eigenvalue weighted by atomic mass is 10.2. The van der Waals surface area contributed by atoms with Crippen LogP contribution >= 0.6 is 22.6 Å². The molecule has 0 aromatic heterocycles. The van der Waals surface area contributed by atoms with Crippen molar-refractivity contribution in [3.63, 3.8) is 0 Å². The molecule has 0 aliphatic carbocycles. The molecule has 0 atom stereocenters. The standard InChI is InChI=1S/C17H17IN2O2/c18-14-3-1-13(2-4-14)17(21)19-15-5-7-16(8-6-15)20-9-11-22-12-10-20/h1-8H,9-12H2,(H,19,21). The van der Waals surface area contributed by atoms with Gasteiger partial charge in [-0.15, -0.1) is 0 Å². The SMILES string of the molecule is O=C(Nc1ccc(N2CCOCC2)cc1)c1ccc(I)cc1. The molecule has 1 aliphatic heterocycles. The van der Waals surface area contributed by atoms with Gasteiger partial charge in [-0.1, -0.05) is 0 Å². The van der Waals surface area contributed by atoms with Crippen LogP contribution in [-0.4, -0.2) is 32.2 Å². The molecule has 0 spiro atoms. The zero-order valence-electron chi connectivity index (χ0n) is 12.1. The molecule has 5 heteroatoms. The van der Waals surface area contributed by atoms with Gasteiger partial charge in [-0.05, 0) is 71.1 Å². The first-order valence-corrected chi connectivity index (χ1v) is 8.30. The number of carbonyl (C=O) groups excluding carboxylic acids is 1. The van der Waals surface area contributed by atoms with Gasteiger partial charge >= 0.3 is 0 Å². The molecule has 4 nitrogen and oxygen atoms in total. The van der Waals surface area contributed by atoms with Gasteiger partial charge in [0.15, 0.2) is 0 Å². The molecule has 114 valence electrons. The van der Waals surface area contributed by atoms with E-state index in [2.05, 4.69) is 32.8 Å². The quantitative estimate of drug-likeness (QED) is 0.792. The maximum atomic E-state index is 12.2. The number of nitrogens with one attached hydrogen (secondary N) is 1. The first-order chi connectivity index (χ1) is 10.7. The smallest absolute Gasteiger partial charge is 0.255 e. The number of rotatable bonds is 3. The van der Waals surface area contributed by atoms with E-state index >= 15 is 0 Å². The zero-order valence-corrected chi connectivity index (χ0v) is 14.2. The molecule has 2 aromatic carbocycles. The number of hydrogen-bond donors (Lipinski definition) is 1. The fourth-order valence-electron chi connectivity index (χ4n) is 2.38. The van der Waals surface area contributed by atoms with Crippen LogP contribution in [0.5, 0.6) is 0 Å². The molecule has 1 aliphatic rings. The van der Waals surface area contributed by atoms with Gasteiger partial charge < -0.3 is 15.0 Å². The van der Waals surface area contributed by atoms with E-state index in [1.165, 1.54) is 0 Å². The summed E-state index contributed by atoms with van der Waals surface area (Å²) in [6, 6.07) is 15.5. The molecule has 1 amide bonds. The number of anilines is 2. The number of morpholine rings is 1. The summed E-state index contributed by atoms with van der Waals surface area (Å²) in [7, 11) is 0. The van der Waals surface area contributed by atoms with Gasteiger partial charge in [0.25, 0.3) is 5.91 Å². The Morgan fingerprint density at radius 2 is 1.64 bits per heavy atom. The molecular formula is C17H17IN2O2. The maximum Gasteiger partial charge on any atom is 0.255 e. The van der Waals surface area contributed by atoms with Crippen LogP contribution in [-0.2, 0) is 4.74 Å². The van der Waals surface area contributed by atoms with E-state index < -0.39 is 0 Å². The fourth-order valence-corrected chi connectivity index (χ4v) is 2.74. The van der Waals surface area contributed by atoms with E-state index in [9.17, 15) is 4.79 Å². The van der Waals surface area contributed by atoms with Crippen molar-refractivity contribution in [3.05, 3.63) is 57.7 Å². The summed E-state index contributed by atoms with van der Waals surface area (Å²) < 4.78 is 6.47. The Bertz CT molecular complexity index is 635.